The summed E-state index contributed by atoms with van der Waals surface area (Å²) in [4.78, 5) is 0. The van der Waals surface area contributed by atoms with Gasteiger partial charge in [0.1, 0.15) is 0 Å². The van der Waals surface area contributed by atoms with E-state index in [0.29, 0.717) is 0 Å². The van der Waals surface area contributed by atoms with Crippen LogP contribution < -0.4 is 0 Å². The Labute approximate surface area is 95.1 Å². The molecule has 0 saturated heterocycles. The van der Waals surface area contributed by atoms with Crippen LogP contribution in [0.3, 0.4) is 0 Å². The molecule has 0 N–H and O–H groups in total. The summed E-state index contributed by atoms with van der Waals surface area (Å²) < 4.78 is 0. The number of allylic oxidation sites excluding steroid dienone is 2. The van der Waals surface area contributed by atoms with Crippen LogP contribution in [-0.2, 0) is 0 Å². The van der Waals surface area contributed by atoms with Crippen molar-refractivity contribution in [1.29, 1.82) is 0 Å². The smallest absolute Gasteiger partial charge is 0.0202 e. The third-order valence-electron chi connectivity index (χ3n) is 4.40. The lowest BCUT2D eigenvalue weighted by molar-refractivity contribution is 0.394. The van der Waals surface area contributed by atoms with Gasteiger partial charge in [-0.2, -0.15) is 0 Å². The third kappa shape index (κ3) is 3.09. The van der Waals surface area contributed by atoms with Gasteiger partial charge in [0, 0.05) is 0 Å². The van der Waals surface area contributed by atoms with E-state index in [1.165, 1.54) is 51.4 Å². The topological polar surface area (TPSA) is 0 Å². The van der Waals surface area contributed by atoms with Gasteiger partial charge in [-0.1, -0.05) is 44.8 Å². The number of hydrogen-bond acceptors (Lipinski definition) is 0. The molecule has 0 nitrogen and oxygen atoms in total. The monoisotopic (exact) mass is 206 g/mol. The van der Waals surface area contributed by atoms with Crippen LogP contribution in [0.1, 0.15) is 64.7 Å². The second-order valence-electron chi connectivity index (χ2n) is 5.62. The van der Waals surface area contributed by atoms with Crippen molar-refractivity contribution in [1.82, 2.24) is 0 Å². The fraction of sp³-hybridized carbons (Fsp3) is 0.867. The zero-order valence-corrected chi connectivity index (χ0v) is 10.3. The molecular formula is C15H26. The number of rotatable bonds is 6. The van der Waals surface area contributed by atoms with Gasteiger partial charge in [-0.05, 0) is 49.9 Å². The molecule has 2 aliphatic rings. The quantitative estimate of drug-likeness (QED) is 0.426. The minimum atomic E-state index is 0.968. The SMILES string of the molecule is CCCCCC/C=C/C1CC2CCC1C2. The summed E-state index contributed by atoms with van der Waals surface area (Å²) in [6, 6.07) is 0. The summed E-state index contributed by atoms with van der Waals surface area (Å²) in [6.45, 7) is 2.28. The van der Waals surface area contributed by atoms with Crippen LogP contribution in [0.15, 0.2) is 12.2 Å². The van der Waals surface area contributed by atoms with Crippen LogP contribution in [0.4, 0.5) is 0 Å². The Bertz CT molecular complexity index is 204. The maximum absolute atomic E-state index is 2.55. The number of fused-ring (bicyclic) bond motifs is 2. The Hall–Kier alpha value is -0.260. The summed E-state index contributed by atoms with van der Waals surface area (Å²) in [5.41, 5.74) is 0. The van der Waals surface area contributed by atoms with E-state index in [-0.39, 0.29) is 0 Å². The molecule has 86 valence electrons. The number of hydrogen-bond donors (Lipinski definition) is 0. The molecule has 0 amide bonds. The van der Waals surface area contributed by atoms with Crippen molar-refractivity contribution in [3.63, 3.8) is 0 Å². The summed E-state index contributed by atoms with van der Waals surface area (Å²) in [6.07, 6.45) is 18.1. The van der Waals surface area contributed by atoms with E-state index in [4.69, 9.17) is 0 Å². The molecule has 2 fully saturated rings. The zero-order chi connectivity index (χ0) is 10.5. The highest BCUT2D eigenvalue weighted by Gasteiger charge is 2.37. The largest absolute Gasteiger partial charge is 0.0882 e. The van der Waals surface area contributed by atoms with Gasteiger partial charge in [0.05, 0.1) is 0 Å². The summed E-state index contributed by atoms with van der Waals surface area (Å²) in [5.74, 6) is 3.14. The van der Waals surface area contributed by atoms with Crippen LogP contribution in [0.5, 0.6) is 0 Å². The van der Waals surface area contributed by atoms with Crippen molar-refractivity contribution in [3.8, 4) is 0 Å². The maximum Gasteiger partial charge on any atom is -0.0202 e. The first-order valence-electron chi connectivity index (χ1n) is 7.06. The standard InChI is InChI=1S/C15H26/c1-2-3-4-5-6-7-8-14-11-13-9-10-15(14)12-13/h7-8,13-15H,2-6,9-12H2,1H3/b8-7+. The third-order valence-corrected chi connectivity index (χ3v) is 4.40. The fourth-order valence-corrected chi connectivity index (χ4v) is 3.49. The second kappa shape index (κ2) is 5.72. The minimum Gasteiger partial charge on any atom is -0.0882 e. The van der Waals surface area contributed by atoms with Crippen LogP contribution in [0, 0.1) is 17.8 Å². The Morgan fingerprint density at radius 1 is 1.07 bits per heavy atom. The van der Waals surface area contributed by atoms with Crippen molar-refractivity contribution >= 4 is 0 Å². The average molecular weight is 206 g/mol. The van der Waals surface area contributed by atoms with Crippen LogP contribution in [0.2, 0.25) is 0 Å². The van der Waals surface area contributed by atoms with Crippen molar-refractivity contribution in [2.24, 2.45) is 17.8 Å². The predicted octanol–water partition coefficient (Wildman–Crippen LogP) is 4.95. The van der Waals surface area contributed by atoms with Gasteiger partial charge in [-0.3, -0.25) is 0 Å². The molecule has 15 heavy (non-hydrogen) atoms. The zero-order valence-electron chi connectivity index (χ0n) is 10.3. The molecule has 0 aromatic carbocycles. The van der Waals surface area contributed by atoms with Gasteiger partial charge in [0.15, 0.2) is 0 Å². The Morgan fingerprint density at radius 3 is 2.67 bits per heavy atom. The molecule has 0 heterocycles. The molecule has 2 rings (SSSR count). The fourth-order valence-electron chi connectivity index (χ4n) is 3.49. The van der Waals surface area contributed by atoms with Gasteiger partial charge in [-0.25, -0.2) is 0 Å². The molecule has 3 unspecified atom stereocenters. The maximum atomic E-state index is 2.55. The Morgan fingerprint density at radius 2 is 2.00 bits per heavy atom. The Balaban J connectivity index is 1.58. The van der Waals surface area contributed by atoms with Gasteiger partial charge in [-0.15, -0.1) is 0 Å². The lowest BCUT2D eigenvalue weighted by Gasteiger charge is -2.17. The van der Waals surface area contributed by atoms with Crippen LogP contribution in [-0.4, -0.2) is 0 Å². The number of unbranched alkanes of at least 4 members (excludes halogenated alkanes) is 4. The van der Waals surface area contributed by atoms with Gasteiger partial charge >= 0.3 is 0 Å². The highest BCUT2D eigenvalue weighted by Crippen LogP contribution is 2.48. The average Bonchev–Trinajstić information content (AvgIpc) is 2.85. The molecule has 0 heteroatoms. The molecule has 0 aliphatic heterocycles. The molecule has 2 aliphatic carbocycles. The summed E-state index contributed by atoms with van der Waals surface area (Å²) >= 11 is 0. The first kappa shape index (κ1) is 11.2. The minimum absolute atomic E-state index is 0.968. The van der Waals surface area contributed by atoms with Gasteiger partial charge in [0.25, 0.3) is 0 Å². The Kier molecular flexibility index (Phi) is 4.29. The summed E-state index contributed by atoms with van der Waals surface area (Å²) in [5, 5.41) is 0. The van der Waals surface area contributed by atoms with E-state index in [1.807, 2.05) is 0 Å². The summed E-state index contributed by atoms with van der Waals surface area (Å²) in [7, 11) is 0. The molecule has 0 aromatic heterocycles. The lowest BCUT2D eigenvalue weighted by Crippen LogP contribution is -2.06. The highest BCUT2D eigenvalue weighted by molar-refractivity contribution is 5.00. The van der Waals surface area contributed by atoms with E-state index in [9.17, 15) is 0 Å². The molecular weight excluding hydrogens is 180 g/mol. The molecule has 2 saturated carbocycles. The molecule has 0 radical (unpaired) electrons. The van der Waals surface area contributed by atoms with Crippen molar-refractivity contribution in [3.05, 3.63) is 12.2 Å². The predicted molar refractivity (Wildman–Crippen MR) is 66.8 cm³/mol. The first-order chi connectivity index (χ1) is 7.40. The van der Waals surface area contributed by atoms with Crippen LogP contribution >= 0.6 is 0 Å². The highest BCUT2D eigenvalue weighted by atomic mass is 14.4. The molecule has 2 bridgehead atoms. The van der Waals surface area contributed by atoms with E-state index < -0.39 is 0 Å². The normalized spacial score (nSPS) is 34.3. The van der Waals surface area contributed by atoms with Crippen LogP contribution in [0.25, 0.3) is 0 Å². The molecule has 3 atom stereocenters. The van der Waals surface area contributed by atoms with Crippen molar-refractivity contribution in [2.45, 2.75) is 64.7 Å². The van der Waals surface area contributed by atoms with E-state index >= 15 is 0 Å². The second-order valence-corrected chi connectivity index (χ2v) is 5.62. The molecule has 0 spiro atoms. The van der Waals surface area contributed by atoms with Crippen molar-refractivity contribution in [2.75, 3.05) is 0 Å². The van der Waals surface area contributed by atoms with Gasteiger partial charge in [0.2, 0.25) is 0 Å². The van der Waals surface area contributed by atoms with Crippen molar-refractivity contribution < 1.29 is 0 Å². The molecule has 0 aromatic rings. The lowest BCUT2D eigenvalue weighted by atomic mass is 9.88. The van der Waals surface area contributed by atoms with E-state index in [2.05, 4.69) is 19.1 Å². The first-order valence-corrected chi connectivity index (χ1v) is 7.06. The van der Waals surface area contributed by atoms with Gasteiger partial charge < -0.3 is 0 Å². The van der Waals surface area contributed by atoms with E-state index in [0.717, 1.165) is 17.8 Å². The van der Waals surface area contributed by atoms with E-state index in [1.54, 1.807) is 6.42 Å².